The number of aliphatic hydroxyl groups is 1. The normalized spacial score (nSPS) is 10.4. The summed E-state index contributed by atoms with van der Waals surface area (Å²) in [6.07, 6.45) is 4.08. The average Bonchev–Trinajstić information content (AvgIpc) is 2.41. The fourth-order valence-corrected chi connectivity index (χ4v) is 2.60. The molecule has 106 valence electrons. The molecular weight excluding hydrogens is 330 g/mol. The van der Waals surface area contributed by atoms with Crippen molar-refractivity contribution in [2.24, 2.45) is 0 Å². The van der Waals surface area contributed by atoms with Crippen molar-refractivity contribution in [1.82, 2.24) is 9.78 Å². The van der Waals surface area contributed by atoms with Gasteiger partial charge in [-0.3, -0.25) is 4.79 Å². The first-order valence-corrected chi connectivity index (χ1v) is 7.94. The van der Waals surface area contributed by atoms with Gasteiger partial charge in [0.2, 0.25) is 0 Å². The first kappa shape index (κ1) is 16.3. The Labute approximate surface area is 125 Å². The molecule has 19 heavy (non-hydrogen) atoms. The molecule has 0 fully saturated rings. The SMILES string of the molecule is C=CCn1ncc(NCCSCCCO)c(Br)c1=O. The zero-order valence-electron chi connectivity index (χ0n) is 10.6. The number of halogens is 1. The van der Waals surface area contributed by atoms with Crippen LogP contribution in [0.25, 0.3) is 0 Å². The maximum atomic E-state index is 11.9. The lowest BCUT2D eigenvalue weighted by molar-refractivity contribution is 0.296. The molecule has 0 aliphatic heterocycles. The molecule has 1 aromatic heterocycles. The van der Waals surface area contributed by atoms with E-state index in [2.05, 4.69) is 32.9 Å². The van der Waals surface area contributed by atoms with E-state index in [0.717, 1.165) is 24.5 Å². The Bertz CT molecular complexity index is 465. The number of allylic oxidation sites excluding steroid dienone is 1. The maximum absolute atomic E-state index is 11.9. The molecule has 1 aromatic rings. The third-order valence-electron chi connectivity index (χ3n) is 2.30. The number of aromatic nitrogens is 2. The number of thioether (sulfide) groups is 1. The van der Waals surface area contributed by atoms with E-state index < -0.39 is 0 Å². The summed E-state index contributed by atoms with van der Waals surface area (Å²) in [5.74, 6) is 1.86. The minimum absolute atomic E-state index is 0.169. The van der Waals surface area contributed by atoms with Crippen molar-refractivity contribution in [3.8, 4) is 0 Å². The van der Waals surface area contributed by atoms with E-state index in [-0.39, 0.29) is 12.2 Å². The quantitative estimate of drug-likeness (QED) is 0.525. The highest BCUT2D eigenvalue weighted by Crippen LogP contribution is 2.16. The Balaban J connectivity index is 2.48. The van der Waals surface area contributed by atoms with Gasteiger partial charge in [0.1, 0.15) is 4.47 Å². The van der Waals surface area contributed by atoms with E-state index in [1.807, 2.05) is 0 Å². The van der Waals surface area contributed by atoms with Crippen LogP contribution < -0.4 is 10.9 Å². The highest BCUT2D eigenvalue weighted by molar-refractivity contribution is 9.10. The van der Waals surface area contributed by atoms with Gasteiger partial charge in [-0.05, 0) is 28.1 Å². The smallest absolute Gasteiger partial charge is 0.283 e. The van der Waals surface area contributed by atoms with Gasteiger partial charge >= 0.3 is 0 Å². The summed E-state index contributed by atoms with van der Waals surface area (Å²) in [7, 11) is 0. The van der Waals surface area contributed by atoms with E-state index in [9.17, 15) is 4.79 Å². The molecule has 0 saturated heterocycles. The van der Waals surface area contributed by atoms with E-state index in [0.29, 0.717) is 16.7 Å². The summed E-state index contributed by atoms with van der Waals surface area (Å²) in [6.45, 7) is 4.97. The lowest BCUT2D eigenvalue weighted by Gasteiger charge is -2.09. The van der Waals surface area contributed by atoms with Crippen LogP contribution in [-0.4, -0.2) is 39.5 Å². The van der Waals surface area contributed by atoms with Crippen molar-refractivity contribution < 1.29 is 5.11 Å². The van der Waals surface area contributed by atoms with Crippen molar-refractivity contribution in [1.29, 1.82) is 0 Å². The molecule has 2 N–H and O–H groups in total. The summed E-state index contributed by atoms with van der Waals surface area (Å²) in [5, 5.41) is 15.9. The number of nitrogens with zero attached hydrogens (tertiary/aromatic N) is 2. The fraction of sp³-hybridized carbons (Fsp3) is 0.500. The molecule has 0 radical (unpaired) electrons. The van der Waals surface area contributed by atoms with Gasteiger partial charge in [0, 0.05) is 18.9 Å². The van der Waals surface area contributed by atoms with Crippen LogP contribution in [0.15, 0.2) is 28.1 Å². The predicted octanol–water partition coefficient (Wildman–Crippen LogP) is 1.72. The number of hydrogen-bond donors (Lipinski definition) is 2. The van der Waals surface area contributed by atoms with Crippen LogP contribution >= 0.6 is 27.7 Å². The van der Waals surface area contributed by atoms with Crippen LogP contribution in [0.2, 0.25) is 0 Å². The summed E-state index contributed by atoms with van der Waals surface area (Å²) >= 11 is 5.05. The Morgan fingerprint density at radius 2 is 2.37 bits per heavy atom. The first-order chi connectivity index (χ1) is 9.20. The van der Waals surface area contributed by atoms with Crippen molar-refractivity contribution in [2.45, 2.75) is 13.0 Å². The minimum Gasteiger partial charge on any atom is -0.396 e. The third-order valence-corrected chi connectivity index (χ3v) is 4.13. The highest BCUT2D eigenvalue weighted by Gasteiger charge is 2.07. The van der Waals surface area contributed by atoms with Gasteiger partial charge in [0.05, 0.1) is 18.4 Å². The predicted molar refractivity (Wildman–Crippen MR) is 83.9 cm³/mol. The summed E-state index contributed by atoms with van der Waals surface area (Å²) in [6, 6.07) is 0. The van der Waals surface area contributed by atoms with Crippen LogP contribution in [0.4, 0.5) is 5.69 Å². The number of hydrogen-bond acceptors (Lipinski definition) is 5. The Hall–Kier alpha value is -0.790. The Morgan fingerprint density at radius 3 is 3.05 bits per heavy atom. The van der Waals surface area contributed by atoms with Gasteiger partial charge < -0.3 is 10.4 Å². The summed E-state index contributed by atoms with van der Waals surface area (Å²) in [4.78, 5) is 11.9. The molecular formula is C12H18BrN3O2S. The number of anilines is 1. The van der Waals surface area contributed by atoms with Crippen LogP contribution in [0.3, 0.4) is 0 Å². The second kappa shape index (κ2) is 9.17. The lowest BCUT2D eigenvalue weighted by Crippen LogP contribution is -2.24. The van der Waals surface area contributed by atoms with Gasteiger partial charge in [0.15, 0.2) is 0 Å². The topological polar surface area (TPSA) is 67.2 Å². The zero-order chi connectivity index (χ0) is 14.1. The monoisotopic (exact) mass is 347 g/mol. The molecule has 1 rings (SSSR count). The molecule has 0 aliphatic rings. The van der Waals surface area contributed by atoms with Crippen molar-refractivity contribution >= 4 is 33.4 Å². The molecule has 0 amide bonds. The molecule has 5 nitrogen and oxygen atoms in total. The number of aliphatic hydroxyl groups excluding tert-OH is 1. The number of nitrogens with one attached hydrogen (secondary N) is 1. The van der Waals surface area contributed by atoms with Crippen molar-refractivity contribution in [3.05, 3.63) is 33.7 Å². The van der Waals surface area contributed by atoms with Gasteiger partial charge in [-0.2, -0.15) is 16.9 Å². The Morgan fingerprint density at radius 1 is 1.58 bits per heavy atom. The van der Waals surface area contributed by atoms with Gasteiger partial charge in [-0.25, -0.2) is 4.68 Å². The van der Waals surface area contributed by atoms with E-state index >= 15 is 0 Å². The Kier molecular flexibility index (Phi) is 7.85. The van der Waals surface area contributed by atoms with Crippen LogP contribution in [0, 0.1) is 0 Å². The van der Waals surface area contributed by atoms with Gasteiger partial charge in [-0.15, -0.1) is 6.58 Å². The molecule has 0 unspecified atom stereocenters. The second-order valence-electron chi connectivity index (χ2n) is 3.76. The molecule has 7 heteroatoms. The third kappa shape index (κ3) is 5.38. The van der Waals surface area contributed by atoms with Crippen LogP contribution in [-0.2, 0) is 6.54 Å². The first-order valence-electron chi connectivity index (χ1n) is 5.99. The zero-order valence-corrected chi connectivity index (χ0v) is 13.0. The largest absolute Gasteiger partial charge is 0.396 e. The highest BCUT2D eigenvalue weighted by atomic mass is 79.9. The molecule has 0 aliphatic carbocycles. The summed E-state index contributed by atoms with van der Waals surface area (Å²) in [5.41, 5.74) is 0.533. The van der Waals surface area contributed by atoms with E-state index in [1.54, 1.807) is 24.0 Å². The molecule has 0 aromatic carbocycles. The molecule has 0 saturated carbocycles. The second-order valence-corrected chi connectivity index (χ2v) is 5.78. The van der Waals surface area contributed by atoms with E-state index in [1.165, 1.54) is 4.68 Å². The molecule has 0 spiro atoms. The van der Waals surface area contributed by atoms with Crippen LogP contribution in [0.1, 0.15) is 6.42 Å². The average molecular weight is 348 g/mol. The van der Waals surface area contributed by atoms with Crippen molar-refractivity contribution in [3.63, 3.8) is 0 Å². The van der Waals surface area contributed by atoms with Crippen molar-refractivity contribution in [2.75, 3.05) is 30.0 Å². The maximum Gasteiger partial charge on any atom is 0.283 e. The fourth-order valence-electron chi connectivity index (χ4n) is 1.37. The molecule has 0 bridgehead atoms. The van der Waals surface area contributed by atoms with Gasteiger partial charge in [-0.1, -0.05) is 6.08 Å². The van der Waals surface area contributed by atoms with Crippen LogP contribution in [0.5, 0.6) is 0 Å². The molecule has 0 atom stereocenters. The number of rotatable bonds is 9. The van der Waals surface area contributed by atoms with Gasteiger partial charge in [0.25, 0.3) is 5.56 Å². The standard InChI is InChI=1S/C12H18BrN3O2S/c1-2-5-16-12(18)11(13)10(9-15-16)14-4-8-19-7-3-6-17/h2,9,14,17H,1,3-8H2. The summed E-state index contributed by atoms with van der Waals surface area (Å²) < 4.78 is 1.84. The van der Waals surface area contributed by atoms with E-state index in [4.69, 9.17) is 5.11 Å². The molecule has 1 heterocycles. The minimum atomic E-state index is -0.169. The lowest BCUT2D eigenvalue weighted by atomic mass is 10.4.